The van der Waals surface area contributed by atoms with Crippen LogP contribution in [0, 0.1) is 13.8 Å². The predicted octanol–water partition coefficient (Wildman–Crippen LogP) is 5.30. The summed E-state index contributed by atoms with van der Waals surface area (Å²) in [6.07, 6.45) is -0.478. The van der Waals surface area contributed by atoms with Gasteiger partial charge in [-0.15, -0.1) is 0 Å². The number of rotatable bonds is 8. The van der Waals surface area contributed by atoms with Crippen LogP contribution in [0.25, 0.3) is 0 Å². The minimum Gasteiger partial charge on any atom is -0.481 e. The number of alkyl halides is 3. The maximum absolute atomic E-state index is 13.2. The van der Waals surface area contributed by atoms with Gasteiger partial charge in [-0.05, 0) is 49.2 Å². The standard InChI is InChI=1S/C23H22F3N5O2/c1-5-17(32)9-15-8-16(23(24,25)26)6-7-18(15)29-21-14(3)12-28-22(31-21)30-19-10-20(33-4)27-11-13(19)2/h5-8,10-12H,1,9H2,2-4H3,(H2,27,28,29,30,31). The number of ketones is 1. The normalized spacial score (nSPS) is 11.1. The monoisotopic (exact) mass is 457 g/mol. The third-order valence-electron chi connectivity index (χ3n) is 4.78. The second-order valence-electron chi connectivity index (χ2n) is 7.23. The Morgan fingerprint density at radius 2 is 1.82 bits per heavy atom. The van der Waals surface area contributed by atoms with Gasteiger partial charge in [-0.1, -0.05) is 6.58 Å². The molecule has 0 fully saturated rings. The number of allylic oxidation sites excluding steroid dienone is 1. The van der Waals surface area contributed by atoms with Crippen LogP contribution in [0.1, 0.15) is 22.3 Å². The van der Waals surface area contributed by atoms with E-state index >= 15 is 0 Å². The highest BCUT2D eigenvalue weighted by Gasteiger charge is 2.31. The van der Waals surface area contributed by atoms with E-state index in [1.54, 1.807) is 25.4 Å². The first-order valence-corrected chi connectivity index (χ1v) is 9.84. The fourth-order valence-corrected chi connectivity index (χ4v) is 2.93. The number of nitrogens with one attached hydrogen (secondary N) is 2. The Labute approximate surface area is 188 Å². The van der Waals surface area contributed by atoms with Gasteiger partial charge < -0.3 is 15.4 Å². The molecule has 0 bridgehead atoms. The number of methoxy groups -OCH3 is 1. The van der Waals surface area contributed by atoms with Crippen LogP contribution >= 0.6 is 0 Å². The highest BCUT2D eigenvalue weighted by molar-refractivity contribution is 5.92. The van der Waals surface area contributed by atoms with Gasteiger partial charge in [0.15, 0.2) is 5.78 Å². The highest BCUT2D eigenvalue weighted by Crippen LogP contribution is 2.33. The lowest BCUT2D eigenvalue weighted by molar-refractivity contribution is -0.137. The second-order valence-corrected chi connectivity index (χ2v) is 7.23. The number of ether oxygens (including phenoxy) is 1. The maximum Gasteiger partial charge on any atom is 0.416 e. The Hall–Kier alpha value is -3.95. The molecule has 0 aliphatic heterocycles. The maximum atomic E-state index is 13.2. The zero-order valence-corrected chi connectivity index (χ0v) is 18.2. The van der Waals surface area contributed by atoms with Crippen molar-refractivity contribution in [3.8, 4) is 5.88 Å². The van der Waals surface area contributed by atoms with Crippen molar-refractivity contribution >= 4 is 28.9 Å². The van der Waals surface area contributed by atoms with Crippen molar-refractivity contribution in [1.82, 2.24) is 15.0 Å². The predicted molar refractivity (Wildman–Crippen MR) is 119 cm³/mol. The summed E-state index contributed by atoms with van der Waals surface area (Å²) >= 11 is 0. The van der Waals surface area contributed by atoms with E-state index in [4.69, 9.17) is 4.74 Å². The van der Waals surface area contributed by atoms with Crippen molar-refractivity contribution < 1.29 is 22.7 Å². The molecule has 0 unspecified atom stereocenters. The summed E-state index contributed by atoms with van der Waals surface area (Å²) in [6, 6.07) is 4.88. The molecule has 2 aromatic heterocycles. The summed E-state index contributed by atoms with van der Waals surface area (Å²) in [5.74, 6) is 0.643. The summed E-state index contributed by atoms with van der Waals surface area (Å²) in [7, 11) is 1.50. The average Bonchev–Trinajstić information content (AvgIpc) is 2.77. The van der Waals surface area contributed by atoms with Crippen LogP contribution in [-0.4, -0.2) is 27.8 Å². The van der Waals surface area contributed by atoms with Crippen LogP contribution in [0.4, 0.5) is 36.3 Å². The number of halogens is 3. The quantitative estimate of drug-likeness (QED) is 0.444. The molecule has 0 saturated heterocycles. The SMILES string of the molecule is C=CC(=O)Cc1cc(C(F)(F)F)ccc1Nc1nc(Nc2cc(OC)ncc2C)ncc1C. The minimum atomic E-state index is -4.53. The Kier molecular flexibility index (Phi) is 6.95. The van der Waals surface area contributed by atoms with Gasteiger partial charge in [0.05, 0.1) is 18.4 Å². The topological polar surface area (TPSA) is 89.0 Å². The van der Waals surface area contributed by atoms with E-state index in [0.29, 0.717) is 28.6 Å². The summed E-state index contributed by atoms with van der Waals surface area (Å²) in [6.45, 7) is 7.00. The van der Waals surface area contributed by atoms with Gasteiger partial charge in [-0.3, -0.25) is 4.79 Å². The van der Waals surface area contributed by atoms with Crippen LogP contribution < -0.4 is 15.4 Å². The third kappa shape index (κ3) is 5.85. The lowest BCUT2D eigenvalue weighted by Gasteiger charge is -2.16. The highest BCUT2D eigenvalue weighted by atomic mass is 19.4. The number of anilines is 4. The summed E-state index contributed by atoms with van der Waals surface area (Å²) < 4.78 is 44.7. The lowest BCUT2D eigenvalue weighted by atomic mass is 10.0. The Morgan fingerprint density at radius 1 is 1.09 bits per heavy atom. The Balaban J connectivity index is 1.94. The van der Waals surface area contributed by atoms with Gasteiger partial charge in [-0.2, -0.15) is 18.2 Å². The molecule has 0 aliphatic carbocycles. The number of nitrogens with zero attached hydrogens (tertiary/aromatic N) is 3. The number of pyridine rings is 1. The van der Waals surface area contributed by atoms with Gasteiger partial charge in [0, 0.05) is 36.1 Å². The number of aryl methyl sites for hydroxylation is 2. The minimum absolute atomic E-state index is 0.178. The number of carbonyl (C=O) groups is 1. The van der Waals surface area contributed by atoms with Crippen LogP contribution in [0.2, 0.25) is 0 Å². The van der Waals surface area contributed by atoms with Crippen LogP contribution in [0.15, 0.2) is 49.3 Å². The lowest BCUT2D eigenvalue weighted by Crippen LogP contribution is -2.10. The summed E-state index contributed by atoms with van der Waals surface area (Å²) in [5, 5.41) is 6.12. The van der Waals surface area contributed by atoms with Crippen molar-refractivity contribution in [2.45, 2.75) is 26.4 Å². The van der Waals surface area contributed by atoms with E-state index in [1.165, 1.54) is 13.2 Å². The van der Waals surface area contributed by atoms with E-state index < -0.39 is 17.5 Å². The number of hydrogen-bond acceptors (Lipinski definition) is 7. The van der Waals surface area contributed by atoms with E-state index in [9.17, 15) is 18.0 Å². The van der Waals surface area contributed by atoms with E-state index in [0.717, 1.165) is 23.8 Å². The first-order valence-electron chi connectivity index (χ1n) is 9.84. The Bertz CT molecular complexity index is 1200. The molecule has 3 rings (SSSR count). The molecule has 10 heteroatoms. The molecule has 0 aliphatic rings. The van der Waals surface area contributed by atoms with E-state index in [2.05, 4.69) is 32.2 Å². The molecular formula is C23H22F3N5O2. The van der Waals surface area contributed by atoms with Crippen molar-refractivity contribution in [1.29, 1.82) is 0 Å². The molecule has 2 N–H and O–H groups in total. The molecule has 0 atom stereocenters. The molecule has 1 aromatic carbocycles. The van der Waals surface area contributed by atoms with Gasteiger partial charge in [-0.25, -0.2) is 9.97 Å². The summed E-state index contributed by atoms with van der Waals surface area (Å²) in [4.78, 5) is 24.7. The second kappa shape index (κ2) is 9.68. The molecular weight excluding hydrogens is 435 g/mol. The molecule has 0 radical (unpaired) electrons. The van der Waals surface area contributed by atoms with Gasteiger partial charge in [0.1, 0.15) is 5.82 Å². The van der Waals surface area contributed by atoms with Gasteiger partial charge in [0.25, 0.3) is 0 Å². The van der Waals surface area contributed by atoms with Gasteiger partial charge >= 0.3 is 6.18 Å². The third-order valence-corrected chi connectivity index (χ3v) is 4.78. The molecule has 172 valence electrons. The molecule has 2 heterocycles. The zero-order valence-electron chi connectivity index (χ0n) is 18.2. The van der Waals surface area contributed by atoms with E-state index in [1.807, 2.05) is 6.92 Å². The molecule has 3 aromatic rings. The largest absolute Gasteiger partial charge is 0.481 e. The molecule has 33 heavy (non-hydrogen) atoms. The molecule has 0 spiro atoms. The Morgan fingerprint density at radius 3 is 2.48 bits per heavy atom. The van der Waals surface area contributed by atoms with Crippen LogP contribution in [0.3, 0.4) is 0 Å². The number of hydrogen-bond donors (Lipinski definition) is 2. The zero-order chi connectivity index (χ0) is 24.2. The van der Waals surface area contributed by atoms with Gasteiger partial charge in [0.2, 0.25) is 11.8 Å². The number of carbonyl (C=O) groups excluding carboxylic acids is 1. The van der Waals surface area contributed by atoms with Crippen molar-refractivity contribution in [3.63, 3.8) is 0 Å². The first-order chi connectivity index (χ1) is 15.6. The van der Waals surface area contributed by atoms with Crippen LogP contribution in [-0.2, 0) is 17.4 Å². The van der Waals surface area contributed by atoms with Crippen molar-refractivity contribution in [3.05, 3.63) is 71.6 Å². The van der Waals surface area contributed by atoms with Crippen LogP contribution in [0.5, 0.6) is 5.88 Å². The van der Waals surface area contributed by atoms with Crippen molar-refractivity contribution in [2.24, 2.45) is 0 Å². The fraction of sp³-hybridized carbons (Fsp3) is 0.217. The molecule has 0 saturated carbocycles. The molecule has 0 amide bonds. The summed E-state index contributed by atoms with van der Waals surface area (Å²) in [5.41, 5.74) is 1.84. The number of aromatic nitrogens is 3. The molecule has 7 nitrogen and oxygen atoms in total. The number of benzene rings is 1. The smallest absolute Gasteiger partial charge is 0.416 e. The fourth-order valence-electron chi connectivity index (χ4n) is 2.93. The van der Waals surface area contributed by atoms with Crippen molar-refractivity contribution in [2.75, 3.05) is 17.7 Å². The first kappa shape index (κ1) is 23.7. The van der Waals surface area contributed by atoms with E-state index in [-0.39, 0.29) is 17.9 Å². The average molecular weight is 457 g/mol.